The molecular weight excluding hydrogens is 1630 g/mol. The Morgan fingerprint density at radius 1 is 0.287 bits per heavy atom. The molecular formula is C108H208N2O19. The van der Waals surface area contributed by atoms with E-state index in [4.69, 9.17) is 91.0 Å². The predicted octanol–water partition coefficient (Wildman–Crippen LogP) is 23.4. The van der Waals surface area contributed by atoms with Gasteiger partial charge in [0, 0.05) is 65.9 Å². The number of benzene rings is 1. The van der Waals surface area contributed by atoms with Gasteiger partial charge in [0.1, 0.15) is 6.10 Å². The molecule has 1 fully saturated rings. The summed E-state index contributed by atoms with van der Waals surface area (Å²) < 4.78 is 105. The number of hydrogen-bond donors (Lipinski definition) is 2. The van der Waals surface area contributed by atoms with Gasteiger partial charge in [-0.1, -0.05) is 318 Å². The molecule has 0 heterocycles. The van der Waals surface area contributed by atoms with Gasteiger partial charge in [0.15, 0.2) is 6.10 Å². The zero-order valence-electron chi connectivity index (χ0n) is 85.5. The molecule has 0 radical (unpaired) electrons. The van der Waals surface area contributed by atoms with Gasteiger partial charge in [-0.3, -0.25) is 4.79 Å². The SMILES string of the molecule is CC(C)CCC[C@@H](C)CCC[C@@H](C)CCCC(C)CCO[C@@H](COCCCCCCCCCCCCOC[C@@H]1CC[C@H](COCCCCCCCCCCCCOC[C@H](OCCC(C)CCC[C@H](C)CCC[C@H](C)CCCC(C)C)C(=O)NCCOCCOCCOCCOCCOCCOCCOCCOCCOCCOCCOCCN)C1)COCc1ccccc1. The Kier molecular flexibility index (Phi) is 91.7. The molecule has 0 bridgehead atoms. The normalized spacial score (nSPS) is 15.7. The van der Waals surface area contributed by atoms with Crippen LogP contribution in [0.25, 0.3) is 0 Å². The van der Waals surface area contributed by atoms with E-state index in [1.165, 1.54) is 250 Å². The van der Waals surface area contributed by atoms with E-state index in [9.17, 15) is 4.79 Å². The minimum absolute atomic E-state index is 0.0249. The second-order valence-electron chi connectivity index (χ2n) is 39.2. The monoisotopic (exact) mass is 1840 g/mol. The molecule has 2 rings (SSSR count). The third-order valence-corrected chi connectivity index (χ3v) is 25.2. The number of ether oxygens (including phenoxy) is 18. The summed E-state index contributed by atoms with van der Waals surface area (Å²) >= 11 is 0. The molecule has 2 unspecified atom stereocenters. The molecule has 1 saturated carbocycles. The Bertz CT molecular complexity index is 2380. The lowest BCUT2D eigenvalue weighted by atomic mass is 9.91. The third kappa shape index (κ3) is 88.4. The summed E-state index contributed by atoms with van der Waals surface area (Å²) in [7, 11) is 0. The summed E-state index contributed by atoms with van der Waals surface area (Å²) in [6.07, 6.45) is 54.5. The van der Waals surface area contributed by atoms with Crippen LogP contribution in [0.1, 0.15) is 351 Å². The molecule has 1 aromatic carbocycles. The molecule has 0 aliphatic heterocycles. The van der Waals surface area contributed by atoms with Gasteiger partial charge in [-0.2, -0.15) is 0 Å². The van der Waals surface area contributed by atoms with Crippen molar-refractivity contribution >= 4 is 5.91 Å². The van der Waals surface area contributed by atoms with Crippen LogP contribution in [-0.2, 0) is 96.7 Å². The average Bonchev–Trinajstić information content (AvgIpc) is 1.90. The highest BCUT2D eigenvalue weighted by molar-refractivity contribution is 5.80. The van der Waals surface area contributed by atoms with Crippen LogP contribution in [0.4, 0.5) is 0 Å². The Morgan fingerprint density at radius 3 is 0.899 bits per heavy atom. The van der Waals surface area contributed by atoms with Crippen molar-refractivity contribution in [1.29, 1.82) is 0 Å². The summed E-state index contributed by atoms with van der Waals surface area (Å²) in [5, 5.41) is 3.04. The third-order valence-electron chi connectivity index (χ3n) is 25.2. The number of unbranched alkanes of at least 4 members (excludes halogenated alkanes) is 18. The van der Waals surface area contributed by atoms with Crippen molar-refractivity contribution in [1.82, 2.24) is 5.32 Å². The molecule has 1 aliphatic rings. The van der Waals surface area contributed by atoms with Gasteiger partial charge >= 0.3 is 0 Å². The van der Waals surface area contributed by atoms with E-state index in [-0.39, 0.29) is 18.6 Å². The fourth-order valence-electron chi connectivity index (χ4n) is 16.7. The van der Waals surface area contributed by atoms with Gasteiger partial charge in [0.05, 0.1) is 172 Å². The number of rotatable bonds is 106. The van der Waals surface area contributed by atoms with Gasteiger partial charge in [-0.05, 0) is 123 Å². The van der Waals surface area contributed by atoms with Crippen molar-refractivity contribution in [2.24, 2.45) is 64.9 Å². The number of amides is 1. The second kappa shape index (κ2) is 96.2. The summed E-state index contributed by atoms with van der Waals surface area (Å²) in [6.45, 7) is 44.0. The second-order valence-corrected chi connectivity index (χ2v) is 39.2. The van der Waals surface area contributed by atoms with Crippen molar-refractivity contribution in [2.45, 2.75) is 364 Å². The Morgan fingerprint density at radius 2 is 0.566 bits per heavy atom. The standard InChI is InChI=1S/C108H208N2O19/c1-95(2)40-34-42-97(5)44-36-46-99(7)48-38-50-101(9)56-64-128-106(93-127-89-103-52-28-27-29-53-103)92-125-62-32-25-21-17-13-11-15-19-23-30-60-123-90-104-54-55-105(88-104)91-124-61-31-24-20-16-12-14-18-22-26-33-63-126-94-107(129-65-57-102(10)51-39-49-100(8)47-37-45-98(6)43-35-41-96(3)4)108(111)110-59-67-113-69-71-115-73-75-117-77-79-119-81-83-121-85-87-122-86-84-120-82-80-118-78-76-116-74-72-114-70-68-112-66-58-109/h27-29,52-53,95-102,104-107H,11-26,30-51,54-94,109H2,1-10H3,(H,110,111)/t97-,98-,99-,100-,101?,102?,104-,105+,106+,107+/m1/s1. The molecule has 1 aliphatic carbocycles. The minimum atomic E-state index is -0.646. The quantitative estimate of drug-likeness (QED) is 0.0579. The molecule has 1 aromatic rings. The van der Waals surface area contributed by atoms with Crippen LogP contribution in [0, 0.1) is 59.2 Å². The van der Waals surface area contributed by atoms with Crippen molar-refractivity contribution in [3.63, 3.8) is 0 Å². The summed E-state index contributed by atoms with van der Waals surface area (Å²) in [4.78, 5) is 13.5. The highest BCUT2D eigenvalue weighted by Crippen LogP contribution is 2.32. The number of nitrogens with one attached hydrogen (secondary N) is 1. The summed E-state index contributed by atoms with van der Waals surface area (Å²) in [5.41, 5.74) is 6.58. The first kappa shape index (κ1) is 123. The first-order valence-corrected chi connectivity index (χ1v) is 53.7. The van der Waals surface area contributed by atoms with Gasteiger partial charge in [-0.15, -0.1) is 0 Å². The molecule has 764 valence electrons. The van der Waals surface area contributed by atoms with Crippen molar-refractivity contribution in [3.05, 3.63) is 35.9 Å². The maximum Gasteiger partial charge on any atom is 0.251 e. The smallest absolute Gasteiger partial charge is 0.251 e. The number of carbonyl (C=O) groups excluding carboxylic acids is 1. The lowest BCUT2D eigenvalue weighted by molar-refractivity contribution is -0.137. The maximum atomic E-state index is 13.5. The largest absolute Gasteiger partial charge is 0.381 e. The van der Waals surface area contributed by atoms with E-state index in [0.717, 1.165) is 107 Å². The van der Waals surface area contributed by atoms with Gasteiger partial charge < -0.3 is 96.3 Å². The Labute approximate surface area is 793 Å². The molecule has 21 heteroatoms. The van der Waals surface area contributed by atoms with Crippen LogP contribution in [-0.4, -0.2) is 249 Å². The Balaban J connectivity index is 1.46. The van der Waals surface area contributed by atoms with Crippen LogP contribution in [0.15, 0.2) is 30.3 Å². The van der Waals surface area contributed by atoms with Crippen molar-refractivity contribution in [3.8, 4) is 0 Å². The van der Waals surface area contributed by atoms with Gasteiger partial charge in [0.25, 0.3) is 5.91 Å². The van der Waals surface area contributed by atoms with Crippen molar-refractivity contribution < 1.29 is 90.1 Å². The maximum absolute atomic E-state index is 13.5. The van der Waals surface area contributed by atoms with E-state index in [1.807, 2.05) is 0 Å². The lowest BCUT2D eigenvalue weighted by Gasteiger charge is -2.20. The highest BCUT2D eigenvalue weighted by atomic mass is 16.6. The number of nitrogens with two attached hydrogens (primary N) is 1. The molecule has 3 N–H and O–H groups in total. The highest BCUT2D eigenvalue weighted by Gasteiger charge is 2.26. The molecule has 0 saturated heterocycles. The van der Waals surface area contributed by atoms with Crippen LogP contribution in [0.2, 0.25) is 0 Å². The zero-order valence-corrected chi connectivity index (χ0v) is 85.5. The molecule has 129 heavy (non-hydrogen) atoms. The first-order valence-electron chi connectivity index (χ1n) is 53.7. The minimum Gasteiger partial charge on any atom is -0.381 e. The summed E-state index contributed by atoms with van der Waals surface area (Å²) in [6, 6.07) is 10.5. The van der Waals surface area contributed by atoms with Gasteiger partial charge in [-0.25, -0.2) is 0 Å². The topological polar surface area (TPSA) is 221 Å². The molecule has 0 spiro atoms. The first-order chi connectivity index (χ1) is 63.2. The molecule has 0 aromatic heterocycles. The van der Waals surface area contributed by atoms with Crippen LogP contribution in [0.3, 0.4) is 0 Å². The molecule has 21 nitrogen and oxygen atoms in total. The fraction of sp³-hybridized carbons (Fsp3) is 0.935. The number of carbonyl (C=O) groups is 1. The van der Waals surface area contributed by atoms with E-state index in [0.29, 0.717) is 215 Å². The lowest BCUT2D eigenvalue weighted by Crippen LogP contribution is -2.41. The van der Waals surface area contributed by atoms with E-state index < -0.39 is 6.10 Å². The molecule has 1 amide bonds. The molecule has 10 atom stereocenters. The fourth-order valence-corrected chi connectivity index (χ4v) is 16.7. The number of hydrogen-bond acceptors (Lipinski definition) is 20. The van der Waals surface area contributed by atoms with Crippen LogP contribution < -0.4 is 11.1 Å². The van der Waals surface area contributed by atoms with Crippen LogP contribution in [0.5, 0.6) is 0 Å². The van der Waals surface area contributed by atoms with Gasteiger partial charge in [0.2, 0.25) is 0 Å². The van der Waals surface area contributed by atoms with Crippen LogP contribution >= 0.6 is 0 Å². The average molecular weight is 1840 g/mol. The Hall–Kier alpha value is -2.07. The van der Waals surface area contributed by atoms with E-state index in [2.05, 4.69) is 105 Å². The predicted molar refractivity (Wildman–Crippen MR) is 530 cm³/mol. The zero-order chi connectivity index (χ0) is 92.9. The van der Waals surface area contributed by atoms with E-state index in [1.54, 1.807) is 0 Å². The van der Waals surface area contributed by atoms with Crippen molar-refractivity contribution in [2.75, 3.05) is 231 Å². The summed E-state index contributed by atoms with van der Waals surface area (Å²) in [5.74, 6) is 7.45. The van der Waals surface area contributed by atoms with E-state index >= 15 is 0 Å².